The summed E-state index contributed by atoms with van der Waals surface area (Å²) in [7, 11) is -1.49. The quantitative estimate of drug-likeness (QED) is 0.625. The van der Waals surface area contributed by atoms with Gasteiger partial charge in [0.05, 0.1) is 6.10 Å². The van der Waals surface area contributed by atoms with Gasteiger partial charge in [0.2, 0.25) is 0 Å². The van der Waals surface area contributed by atoms with Gasteiger partial charge in [-0.25, -0.2) is 0 Å². The van der Waals surface area contributed by atoms with Gasteiger partial charge in [-0.05, 0) is 32.6 Å². The van der Waals surface area contributed by atoms with Gasteiger partial charge in [-0.1, -0.05) is 38.9 Å². The molecule has 1 heterocycles. The lowest BCUT2D eigenvalue weighted by Gasteiger charge is -2.35. The van der Waals surface area contributed by atoms with E-state index in [1.165, 1.54) is 0 Å². The molecule has 0 aromatic rings. The predicted molar refractivity (Wildman–Crippen MR) is 85.1 cm³/mol. The first-order valence-corrected chi connectivity index (χ1v) is 11.3. The Morgan fingerprint density at radius 3 is 2.60 bits per heavy atom. The van der Waals surface area contributed by atoms with Gasteiger partial charge < -0.3 is 14.6 Å². The minimum absolute atomic E-state index is 0.226. The van der Waals surface area contributed by atoms with Crippen LogP contribution in [0.4, 0.5) is 0 Å². The van der Waals surface area contributed by atoms with Crippen molar-refractivity contribution in [2.45, 2.75) is 83.6 Å². The fourth-order valence-corrected chi connectivity index (χ4v) is 2.75. The lowest BCUT2D eigenvalue weighted by Crippen LogP contribution is -2.45. The lowest BCUT2D eigenvalue weighted by molar-refractivity contribution is -0.226. The summed E-state index contributed by atoms with van der Waals surface area (Å²) in [5.41, 5.74) is 2.52. The van der Waals surface area contributed by atoms with Crippen molar-refractivity contribution in [1.82, 2.24) is 0 Å². The van der Waals surface area contributed by atoms with Crippen LogP contribution in [0.5, 0.6) is 0 Å². The molecule has 0 aromatic heterocycles. The first kappa shape index (κ1) is 17.7. The van der Waals surface area contributed by atoms with Crippen molar-refractivity contribution in [3.63, 3.8) is 0 Å². The largest absolute Gasteiger partial charge is 0.389 e. The van der Waals surface area contributed by atoms with E-state index in [2.05, 4.69) is 38.0 Å². The zero-order valence-electron chi connectivity index (χ0n) is 13.7. The Kier molecular flexibility index (Phi) is 6.73. The molecule has 20 heavy (non-hydrogen) atoms. The van der Waals surface area contributed by atoms with Crippen molar-refractivity contribution < 1.29 is 14.6 Å². The number of hydrogen-bond acceptors (Lipinski definition) is 3. The van der Waals surface area contributed by atoms with E-state index in [0.717, 1.165) is 32.3 Å². The summed E-state index contributed by atoms with van der Waals surface area (Å²) in [6.07, 6.45) is 3.92. The van der Waals surface area contributed by atoms with Gasteiger partial charge in [0.1, 0.15) is 8.07 Å². The highest BCUT2D eigenvalue weighted by molar-refractivity contribution is 6.83. The summed E-state index contributed by atoms with van der Waals surface area (Å²) in [5, 5.41) is 10.4. The highest BCUT2D eigenvalue weighted by Gasteiger charge is 2.35. The number of aliphatic hydroxyl groups is 1. The van der Waals surface area contributed by atoms with Crippen LogP contribution in [-0.2, 0) is 9.47 Å². The Labute approximate surface area is 125 Å². The summed E-state index contributed by atoms with van der Waals surface area (Å²) in [6, 6.07) is 0. The number of aliphatic hydroxyl groups excluding tert-OH is 1. The monoisotopic (exact) mass is 298 g/mol. The smallest absolute Gasteiger partial charge is 0.159 e. The minimum Gasteiger partial charge on any atom is -0.389 e. The van der Waals surface area contributed by atoms with E-state index in [1.54, 1.807) is 0 Å². The maximum absolute atomic E-state index is 10.4. The van der Waals surface area contributed by atoms with E-state index >= 15 is 0 Å². The molecule has 0 amide bonds. The van der Waals surface area contributed by atoms with Gasteiger partial charge >= 0.3 is 0 Å². The molecular formula is C16H30O3Si. The van der Waals surface area contributed by atoms with E-state index < -0.39 is 19.8 Å². The first-order chi connectivity index (χ1) is 9.27. The number of hydrogen-bond donors (Lipinski definition) is 1. The van der Waals surface area contributed by atoms with Crippen LogP contribution < -0.4 is 0 Å². The second-order valence-corrected chi connectivity index (χ2v) is 11.6. The third-order valence-electron chi connectivity index (χ3n) is 3.40. The summed E-state index contributed by atoms with van der Waals surface area (Å²) in [5.74, 6) is 3.23. The lowest BCUT2D eigenvalue weighted by atomic mass is 9.96. The second-order valence-electron chi connectivity index (χ2n) is 6.83. The molecule has 0 spiro atoms. The van der Waals surface area contributed by atoms with Crippen molar-refractivity contribution in [3.8, 4) is 11.5 Å². The molecule has 3 atom stereocenters. The zero-order chi connectivity index (χ0) is 15.2. The van der Waals surface area contributed by atoms with Crippen molar-refractivity contribution in [2.75, 3.05) is 6.61 Å². The molecule has 1 saturated heterocycles. The Bertz CT molecular complexity index is 347. The summed E-state index contributed by atoms with van der Waals surface area (Å²) >= 11 is 0. The molecule has 4 heteroatoms. The average Bonchev–Trinajstić information content (AvgIpc) is 2.37. The fraction of sp³-hybridized carbons (Fsp3) is 0.875. The van der Waals surface area contributed by atoms with E-state index in [4.69, 9.17) is 9.47 Å². The highest BCUT2D eigenvalue weighted by Crippen LogP contribution is 2.25. The van der Waals surface area contributed by atoms with Crippen LogP contribution in [0.15, 0.2) is 0 Å². The van der Waals surface area contributed by atoms with Crippen LogP contribution in [0.3, 0.4) is 0 Å². The minimum atomic E-state index is -1.49. The van der Waals surface area contributed by atoms with Gasteiger partial charge in [0.25, 0.3) is 0 Å². The van der Waals surface area contributed by atoms with Crippen molar-refractivity contribution >= 4 is 8.07 Å². The normalized spacial score (nSPS) is 24.4. The fourth-order valence-electron chi connectivity index (χ4n) is 2.13. The SMILES string of the molecule is CCCC(O)C(C)(C#C[Si](C)(C)C)OC1CCCCO1. The summed E-state index contributed by atoms with van der Waals surface area (Å²) in [4.78, 5) is 0. The van der Waals surface area contributed by atoms with Crippen LogP contribution in [0.1, 0.15) is 46.0 Å². The van der Waals surface area contributed by atoms with Crippen LogP contribution in [0, 0.1) is 11.5 Å². The summed E-state index contributed by atoms with van der Waals surface area (Å²) < 4.78 is 11.7. The van der Waals surface area contributed by atoms with E-state index in [-0.39, 0.29) is 6.29 Å². The topological polar surface area (TPSA) is 38.7 Å². The molecule has 3 nitrogen and oxygen atoms in total. The molecule has 0 saturated carbocycles. The highest BCUT2D eigenvalue weighted by atomic mass is 28.3. The maximum atomic E-state index is 10.4. The van der Waals surface area contributed by atoms with Gasteiger partial charge in [-0.15, -0.1) is 5.54 Å². The molecular weight excluding hydrogens is 268 g/mol. The van der Waals surface area contributed by atoms with E-state index in [0.29, 0.717) is 6.42 Å². The molecule has 3 unspecified atom stereocenters. The van der Waals surface area contributed by atoms with Gasteiger partial charge in [0.15, 0.2) is 11.9 Å². The van der Waals surface area contributed by atoms with Crippen LogP contribution in [-0.4, -0.2) is 37.8 Å². The second kappa shape index (κ2) is 7.60. The Morgan fingerprint density at radius 1 is 1.40 bits per heavy atom. The Balaban J connectivity index is 2.83. The Morgan fingerprint density at radius 2 is 2.10 bits per heavy atom. The van der Waals surface area contributed by atoms with Crippen molar-refractivity contribution in [1.29, 1.82) is 0 Å². The zero-order valence-corrected chi connectivity index (χ0v) is 14.7. The molecule has 1 aliphatic heterocycles. The maximum Gasteiger partial charge on any atom is 0.159 e. The molecule has 1 N–H and O–H groups in total. The standard InChI is InChI=1S/C16H30O3Si/c1-6-9-14(17)16(2,11-13-20(3,4)5)19-15-10-7-8-12-18-15/h14-15,17H,6-10,12H2,1-5H3. The Hall–Kier alpha value is -0.343. The molecule has 1 aliphatic rings. The molecule has 0 aromatic carbocycles. The van der Waals surface area contributed by atoms with Crippen molar-refractivity contribution in [2.24, 2.45) is 0 Å². The first-order valence-electron chi connectivity index (χ1n) is 7.78. The molecule has 116 valence electrons. The van der Waals surface area contributed by atoms with Crippen LogP contribution >= 0.6 is 0 Å². The molecule has 0 radical (unpaired) electrons. The van der Waals surface area contributed by atoms with Gasteiger partial charge in [-0.3, -0.25) is 0 Å². The van der Waals surface area contributed by atoms with E-state index in [9.17, 15) is 5.11 Å². The molecule has 1 fully saturated rings. The molecule has 1 rings (SSSR count). The van der Waals surface area contributed by atoms with Crippen molar-refractivity contribution in [3.05, 3.63) is 0 Å². The average molecular weight is 298 g/mol. The number of ether oxygens (including phenoxy) is 2. The molecule has 0 aliphatic carbocycles. The third kappa shape index (κ3) is 5.97. The van der Waals surface area contributed by atoms with Crippen LogP contribution in [0.2, 0.25) is 19.6 Å². The molecule has 0 bridgehead atoms. The third-order valence-corrected chi connectivity index (χ3v) is 4.27. The van der Waals surface area contributed by atoms with Gasteiger partial charge in [-0.2, -0.15) is 0 Å². The number of rotatable bonds is 5. The van der Waals surface area contributed by atoms with E-state index in [1.807, 2.05) is 6.92 Å². The predicted octanol–water partition coefficient (Wildman–Crippen LogP) is 3.33. The van der Waals surface area contributed by atoms with Gasteiger partial charge in [0, 0.05) is 6.61 Å². The van der Waals surface area contributed by atoms with Crippen LogP contribution in [0.25, 0.3) is 0 Å². The summed E-state index contributed by atoms with van der Waals surface area (Å²) in [6.45, 7) is 11.3.